The quantitative estimate of drug-likeness (QED) is 0.427. The van der Waals surface area contributed by atoms with Gasteiger partial charge in [0.1, 0.15) is 5.75 Å². The highest BCUT2D eigenvalue weighted by Gasteiger charge is 2.10. The molecule has 0 aliphatic rings. The number of hydrogen-bond donors (Lipinski definition) is 2. The minimum Gasteiger partial charge on any atom is -0.484 e. The molecule has 2 amide bonds. The summed E-state index contributed by atoms with van der Waals surface area (Å²) in [5.41, 5.74) is 2.99. The molecule has 0 unspecified atom stereocenters. The zero-order chi connectivity index (χ0) is 23.0. The Labute approximate surface area is 190 Å². The first-order chi connectivity index (χ1) is 16.1. The number of carbonyl (C=O) groups excluding carboxylic acids is 2. The Morgan fingerprint density at radius 2 is 1.64 bits per heavy atom. The molecule has 4 rings (SSSR count). The van der Waals surface area contributed by atoms with Crippen LogP contribution in [0.25, 0.3) is 11.5 Å². The Balaban J connectivity index is 1.23. The van der Waals surface area contributed by atoms with Gasteiger partial charge in [-0.3, -0.25) is 9.59 Å². The van der Waals surface area contributed by atoms with E-state index in [0.717, 1.165) is 11.1 Å². The summed E-state index contributed by atoms with van der Waals surface area (Å²) < 4.78 is 11.3. The first kappa shape index (κ1) is 21.8. The molecule has 0 radical (unpaired) electrons. The molecule has 1 heterocycles. The van der Waals surface area contributed by atoms with Crippen molar-refractivity contribution >= 4 is 17.5 Å². The van der Waals surface area contributed by atoms with E-state index in [0.29, 0.717) is 28.8 Å². The van der Waals surface area contributed by atoms with Crippen LogP contribution in [0, 0.1) is 6.92 Å². The first-order valence-corrected chi connectivity index (χ1v) is 10.3. The highest BCUT2D eigenvalue weighted by molar-refractivity contribution is 5.99. The zero-order valence-electron chi connectivity index (χ0n) is 17.9. The number of carbonyl (C=O) groups is 2. The van der Waals surface area contributed by atoms with E-state index < -0.39 is 0 Å². The van der Waals surface area contributed by atoms with E-state index in [-0.39, 0.29) is 25.0 Å². The molecule has 166 valence electrons. The fourth-order valence-electron chi connectivity index (χ4n) is 2.96. The van der Waals surface area contributed by atoms with Gasteiger partial charge in [-0.2, -0.15) is 0 Å². The Bertz CT molecular complexity index is 1220. The molecule has 0 atom stereocenters. The molecule has 33 heavy (non-hydrogen) atoms. The smallest absolute Gasteiger partial charge is 0.254 e. The van der Waals surface area contributed by atoms with Crippen molar-refractivity contribution in [3.05, 3.63) is 95.9 Å². The molecule has 0 bridgehead atoms. The predicted molar refractivity (Wildman–Crippen MR) is 123 cm³/mol. The number of benzene rings is 3. The molecule has 0 aliphatic carbocycles. The molecule has 1 aromatic heterocycles. The molecule has 4 aromatic rings. The van der Waals surface area contributed by atoms with Crippen molar-refractivity contribution in [1.82, 2.24) is 15.5 Å². The van der Waals surface area contributed by atoms with Crippen LogP contribution in [0.5, 0.6) is 5.75 Å². The van der Waals surface area contributed by atoms with Crippen LogP contribution in [0.3, 0.4) is 0 Å². The SMILES string of the molecule is Cc1ccc(C(=O)NCC(=O)Nc2ccc(OCc3nnc(-c4ccccc4)o3)cc2)cc1. The van der Waals surface area contributed by atoms with E-state index >= 15 is 0 Å². The van der Waals surface area contributed by atoms with Crippen molar-refractivity contribution in [3.63, 3.8) is 0 Å². The van der Waals surface area contributed by atoms with Crippen molar-refractivity contribution in [2.75, 3.05) is 11.9 Å². The second-order valence-electron chi connectivity index (χ2n) is 7.28. The lowest BCUT2D eigenvalue weighted by molar-refractivity contribution is -0.115. The summed E-state index contributed by atoms with van der Waals surface area (Å²) in [5, 5.41) is 13.3. The average Bonchev–Trinajstić information content (AvgIpc) is 3.32. The van der Waals surface area contributed by atoms with Crippen LogP contribution in [0.2, 0.25) is 0 Å². The van der Waals surface area contributed by atoms with Crippen LogP contribution in [0.15, 0.2) is 83.3 Å². The number of ether oxygens (including phenoxy) is 1. The molecular formula is C25H22N4O4. The highest BCUT2D eigenvalue weighted by Crippen LogP contribution is 2.19. The summed E-state index contributed by atoms with van der Waals surface area (Å²) in [7, 11) is 0. The van der Waals surface area contributed by atoms with Crippen molar-refractivity contribution in [2.45, 2.75) is 13.5 Å². The maximum Gasteiger partial charge on any atom is 0.254 e. The number of nitrogens with zero attached hydrogens (tertiary/aromatic N) is 2. The summed E-state index contributed by atoms with van der Waals surface area (Å²) in [6, 6.07) is 23.5. The molecule has 8 nitrogen and oxygen atoms in total. The van der Waals surface area contributed by atoms with Gasteiger partial charge < -0.3 is 19.8 Å². The monoisotopic (exact) mass is 442 g/mol. The lowest BCUT2D eigenvalue weighted by Gasteiger charge is -2.08. The first-order valence-electron chi connectivity index (χ1n) is 10.3. The maximum absolute atomic E-state index is 12.1. The minimum absolute atomic E-state index is 0.122. The number of amides is 2. The minimum atomic E-state index is -0.330. The van der Waals surface area contributed by atoms with Gasteiger partial charge in [-0.25, -0.2) is 0 Å². The summed E-state index contributed by atoms with van der Waals surface area (Å²) in [6.45, 7) is 1.93. The number of hydrogen-bond acceptors (Lipinski definition) is 6. The molecule has 3 aromatic carbocycles. The zero-order valence-corrected chi connectivity index (χ0v) is 17.9. The second-order valence-corrected chi connectivity index (χ2v) is 7.28. The standard InChI is InChI=1S/C25H22N4O4/c1-17-7-9-18(10-8-17)24(31)26-15-22(30)27-20-11-13-21(14-12-20)32-16-23-28-29-25(33-23)19-5-3-2-4-6-19/h2-14H,15-16H2,1H3,(H,26,31)(H,27,30). The fraction of sp³-hybridized carbons (Fsp3) is 0.120. The maximum atomic E-state index is 12.1. The lowest BCUT2D eigenvalue weighted by Crippen LogP contribution is -2.32. The molecule has 0 fully saturated rings. The molecule has 0 spiro atoms. The number of anilines is 1. The second kappa shape index (κ2) is 10.2. The number of nitrogens with one attached hydrogen (secondary N) is 2. The fourth-order valence-corrected chi connectivity index (χ4v) is 2.96. The van der Waals surface area contributed by atoms with Gasteiger partial charge in [0, 0.05) is 16.8 Å². The van der Waals surface area contributed by atoms with Gasteiger partial charge in [-0.1, -0.05) is 35.9 Å². The Hall–Kier alpha value is -4.46. The number of aromatic nitrogens is 2. The molecule has 0 saturated heterocycles. The van der Waals surface area contributed by atoms with Gasteiger partial charge in [-0.05, 0) is 55.5 Å². The van der Waals surface area contributed by atoms with Crippen molar-refractivity contribution in [3.8, 4) is 17.2 Å². The van der Waals surface area contributed by atoms with Crippen molar-refractivity contribution in [2.24, 2.45) is 0 Å². The van der Waals surface area contributed by atoms with E-state index in [1.807, 2.05) is 49.4 Å². The number of aryl methyl sites for hydroxylation is 1. The van der Waals surface area contributed by atoms with Crippen LogP contribution >= 0.6 is 0 Å². The van der Waals surface area contributed by atoms with Gasteiger partial charge in [-0.15, -0.1) is 10.2 Å². The van der Waals surface area contributed by atoms with Gasteiger partial charge in [0.05, 0.1) is 6.54 Å². The topological polar surface area (TPSA) is 106 Å². The summed E-state index contributed by atoms with van der Waals surface area (Å²) in [4.78, 5) is 24.2. The molecule has 8 heteroatoms. The van der Waals surface area contributed by atoms with Gasteiger partial charge >= 0.3 is 0 Å². The van der Waals surface area contributed by atoms with Crippen LogP contribution in [-0.2, 0) is 11.4 Å². The summed E-state index contributed by atoms with van der Waals surface area (Å²) in [6.07, 6.45) is 0. The predicted octanol–water partition coefficient (Wildman–Crippen LogP) is 3.99. The molecule has 2 N–H and O–H groups in total. The highest BCUT2D eigenvalue weighted by atomic mass is 16.5. The van der Waals surface area contributed by atoms with Crippen LogP contribution < -0.4 is 15.4 Å². The Morgan fingerprint density at radius 1 is 0.909 bits per heavy atom. The van der Waals surface area contributed by atoms with Crippen LogP contribution in [0.4, 0.5) is 5.69 Å². The third-order valence-corrected chi connectivity index (χ3v) is 4.71. The third-order valence-electron chi connectivity index (χ3n) is 4.71. The van der Waals surface area contributed by atoms with Gasteiger partial charge in [0.25, 0.3) is 11.8 Å². The largest absolute Gasteiger partial charge is 0.484 e. The van der Waals surface area contributed by atoms with Crippen molar-refractivity contribution < 1.29 is 18.7 Å². The molecular weight excluding hydrogens is 420 g/mol. The Morgan fingerprint density at radius 3 is 2.36 bits per heavy atom. The lowest BCUT2D eigenvalue weighted by atomic mass is 10.1. The Kier molecular flexibility index (Phi) is 6.75. The van der Waals surface area contributed by atoms with E-state index in [4.69, 9.17) is 9.15 Å². The van der Waals surface area contributed by atoms with E-state index in [1.54, 1.807) is 36.4 Å². The van der Waals surface area contributed by atoms with E-state index in [2.05, 4.69) is 20.8 Å². The van der Waals surface area contributed by atoms with Gasteiger partial charge in [0.2, 0.25) is 11.8 Å². The van der Waals surface area contributed by atoms with E-state index in [1.165, 1.54) is 0 Å². The van der Waals surface area contributed by atoms with Gasteiger partial charge in [0.15, 0.2) is 6.61 Å². The van der Waals surface area contributed by atoms with E-state index in [9.17, 15) is 9.59 Å². The van der Waals surface area contributed by atoms with Crippen LogP contribution in [-0.4, -0.2) is 28.6 Å². The number of rotatable bonds is 8. The molecule has 0 aliphatic heterocycles. The summed E-state index contributed by atoms with van der Waals surface area (Å²) >= 11 is 0. The normalized spacial score (nSPS) is 10.5. The van der Waals surface area contributed by atoms with Crippen molar-refractivity contribution in [1.29, 1.82) is 0 Å². The van der Waals surface area contributed by atoms with Crippen LogP contribution in [0.1, 0.15) is 21.8 Å². The molecule has 0 saturated carbocycles. The average molecular weight is 442 g/mol. The summed E-state index contributed by atoms with van der Waals surface area (Å²) in [5.74, 6) is 0.742. The third kappa shape index (κ3) is 6.04.